The maximum Gasteiger partial charge on any atom is 0.416 e. The number of carbonyl (C=O) groups is 1. The highest BCUT2D eigenvalue weighted by Crippen LogP contribution is 2.36. The Bertz CT molecular complexity index is 1120. The van der Waals surface area contributed by atoms with Crippen molar-refractivity contribution in [2.45, 2.75) is 32.4 Å². The third-order valence-corrected chi connectivity index (χ3v) is 4.95. The summed E-state index contributed by atoms with van der Waals surface area (Å²) in [5.41, 5.74) is 0.342. The van der Waals surface area contributed by atoms with E-state index in [1.165, 1.54) is 24.3 Å². The summed E-state index contributed by atoms with van der Waals surface area (Å²) in [6.07, 6.45) is -4.19. The molecule has 33 heavy (non-hydrogen) atoms. The smallest absolute Gasteiger partial charge is 0.416 e. The predicted octanol–water partition coefficient (Wildman–Crippen LogP) is 7.66. The topological polar surface area (TPSA) is 46.5 Å². The summed E-state index contributed by atoms with van der Waals surface area (Å²) in [4.78, 5) is 11.9. The van der Waals surface area contributed by atoms with Crippen LogP contribution in [0.4, 0.5) is 22.0 Å². The second-order valence-corrected chi connectivity index (χ2v) is 8.09. The van der Waals surface area contributed by atoms with Gasteiger partial charge in [-0.1, -0.05) is 32.0 Å². The zero-order chi connectivity index (χ0) is 24.3. The number of aliphatic carboxylic acids is 1. The molecule has 0 spiro atoms. The summed E-state index contributed by atoms with van der Waals surface area (Å²) >= 11 is 0. The lowest BCUT2D eigenvalue weighted by Crippen LogP contribution is -2.14. The molecule has 0 saturated heterocycles. The quantitative estimate of drug-likeness (QED) is 0.365. The van der Waals surface area contributed by atoms with Crippen LogP contribution in [0.1, 0.15) is 37.3 Å². The maximum absolute atomic E-state index is 13.6. The average Bonchev–Trinajstić information content (AvgIpc) is 2.70. The number of alkyl halides is 3. The summed E-state index contributed by atoms with van der Waals surface area (Å²) < 4.78 is 71.5. The molecular weight excluding hydrogens is 443 g/mol. The highest BCUT2D eigenvalue weighted by atomic mass is 19.4. The Labute approximate surface area is 187 Å². The molecule has 0 bridgehead atoms. The van der Waals surface area contributed by atoms with E-state index < -0.39 is 35.3 Å². The van der Waals surface area contributed by atoms with Crippen molar-refractivity contribution >= 4 is 5.97 Å². The van der Waals surface area contributed by atoms with Gasteiger partial charge in [-0.25, -0.2) is 8.78 Å². The highest BCUT2D eigenvalue weighted by molar-refractivity contribution is 5.78. The van der Waals surface area contributed by atoms with Gasteiger partial charge in [-0.3, -0.25) is 4.79 Å². The Morgan fingerprint density at radius 3 is 1.97 bits per heavy atom. The number of rotatable bonds is 7. The zero-order valence-corrected chi connectivity index (χ0v) is 17.8. The minimum absolute atomic E-state index is 0.0440. The Morgan fingerprint density at radius 2 is 1.45 bits per heavy atom. The Morgan fingerprint density at radius 1 is 0.879 bits per heavy atom. The van der Waals surface area contributed by atoms with E-state index >= 15 is 0 Å². The highest BCUT2D eigenvalue weighted by Gasteiger charge is 2.30. The number of carboxylic acids is 1. The van der Waals surface area contributed by atoms with Crippen LogP contribution in [0, 0.1) is 17.6 Å². The van der Waals surface area contributed by atoms with Crippen LogP contribution in [0.3, 0.4) is 0 Å². The second-order valence-electron chi connectivity index (χ2n) is 8.09. The van der Waals surface area contributed by atoms with Gasteiger partial charge < -0.3 is 9.84 Å². The van der Waals surface area contributed by atoms with Crippen molar-refractivity contribution in [2.24, 2.45) is 5.92 Å². The molecular formula is C25H21F5O3. The molecule has 1 atom stereocenters. The van der Waals surface area contributed by atoms with Gasteiger partial charge >= 0.3 is 12.1 Å². The van der Waals surface area contributed by atoms with Gasteiger partial charge in [0, 0.05) is 18.2 Å². The largest absolute Gasteiger partial charge is 0.481 e. The lowest BCUT2D eigenvalue weighted by molar-refractivity contribution is -0.139. The van der Waals surface area contributed by atoms with Gasteiger partial charge in [0.2, 0.25) is 0 Å². The first-order valence-electron chi connectivity index (χ1n) is 10.1. The Hall–Kier alpha value is -3.42. The molecule has 3 nitrogen and oxygen atoms in total. The number of benzene rings is 3. The van der Waals surface area contributed by atoms with Crippen LogP contribution in [0.2, 0.25) is 0 Å². The van der Waals surface area contributed by atoms with E-state index in [0.29, 0.717) is 29.2 Å². The number of hydrogen-bond donors (Lipinski definition) is 1. The SMILES string of the molecule is CC(C)CC(C(=O)O)c1cc(Oc2cc(F)cc(F)c2)cc(-c2ccc(C(F)(F)F)cc2)c1. The van der Waals surface area contributed by atoms with Crippen LogP contribution in [0.5, 0.6) is 11.5 Å². The molecule has 0 amide bonds. The summed E-state index contributed by atoms with van der Waals surface area (Å²) in [5.74, 6) is -3.69. The van der Waals surface area contributed by atoms with Crippen molar-refractivity contribution < 1.29 is 36.6 Å². The third-order valence-electron chi connectivity index (χ3n) is 4.95. The van der Waals surface area contributed by atoms with Crippen molar-refractivity contribution in [3.05, 3.63) is 83.4 Å². The van der Waals surface area contributed by atoms with Crippen LogP contribution in [0.25, 0.3) is 11.1 Å². The number of ether oxygens (including phenoxy) is 1. The van der Waals surface area contributed by atoms with E-state index in [9.17, 15) is 31.9 Å². The summed E-state index contributed by atoms with van der Waals surface area (Å²) in [6, 6.07) is 11.5. The van der Waals surface area contributed by atoms with Gasteiger partial charge in [0.15, 0.2) is 0 Å². The normalized spacial score (nSPS) is 12.6. The minimum atomic E-state index is -4.50. The molecule has 0 aliphatic carbocycles. The molecule has 174 valence electrons. The first kappa shape index (κ1) is 24.2. The van der Waals surface area contributed by atoms with Crippen LogP contribution in [-0.4, -0.2) is 11.1 Å². The van der Waals surface area contributed by atoms with Crippen molar-refractivity contribution in [2.75, 3.05) is 0 Å². The number of hydrogen-bond acceptors (Lipinski definition) is 2. The molecule has 0 saturated carbocycles. The maximum atomic E-state index is 13.6. The molecule has 3 aromatic carbocycles. The second kappa shape index (κ2) is 9.60. The molecule has 0 fully saturated rings. The van der Waals surface area contributed by atoms with Crippen LogP contribution < -0.4 is 4.74 Å². The van der Waals surface area contributed by atoms with Crippen LogP contribution >= 0.6 is 0 Å². The van der Waals surface area contributed by atoms with Gasteiger partial charge in [-0.15, -0.1) is 0 Å². The first-order valence-corrected chi connectivity index (χ1v) is 10.1. The molecule has 8 heteroatoms. The summed E-state index contributed by atoms with van der Waals surface area (Å²) in [7, 11) is 0. The van der Waals surface area contributed by atoms with Gasteiger partial charge in [0.05, 0.1) is 11.5 Å². The van der Waals surface area contributed by atoms with E-state index in [1.54, 1.807) is 6.07 Å². The number of carboxylic acid groups (broad SMARTS) is 1. The lowest BCUT2D eigenvalue weighted by Gasteiger charge is -2.18. The molecule has 1 N–H and O–H groups in total. The van der Waals surface area contributed by atoms with Gasteiger partial charge in [0.25, 0.3) is 0 Å². The van der Waals surface area contributed by atoms with E-state index in [4.69, 9.17) is 4.74 Å². The third kappa shape index (κ3) is 6.31. The average molecular weight is 464 g/mol. The van der Waals surface area contributed by atoms with Gasteiger partial charge in [0.1, 0.15) is 23.1 Å². The summed E-state index contributed by atoms with van der Waals surface area (Å²) in [5, 5.41) is 9.75. The standard InChI is InChI=1S/C25H21F5O3/c1-14(2)7-23(24(31)32)17-8-16(15-3-5-18(6-4-15)25(28,29)30)9-21(10-17)33-22-12-19(26)11-20(27)13-22/h3-6,8-14,23H,7H2,1-2H3,(H,31,32). The monoisotopic (exact) mass is 464 g/mol. The fourth-order valence-corrected chi connectivity index (χ4v) is 3.47. The lowest BCUT2D eigenvalue weighted by atomic mass is 9.88. The molecule has 0 aliphatic rings. The van der Waals surface area contributed by atoms with Crippen molar-refractivity contribution in [3.8, 4) is 22.6 Å². The first-order chi connectivity index (χ1) is 15.4. The van der Waals surface area contributed by atoms with Crippen molar-refractivity contribution in [3.63, 3.8) is 0 Å². The number of halogens is 5. The molecule has 0 aliphatic heterocycles. The van der Waals surface area contributed by atoms with Crippen LogP contribution in [-0.2, 0) is 11.0 Å². The molecule has 0 radical (unpaired) electrons. The van der Waals surface area contributed by atoms with E-state index in [2.05, 4.69) is 0 Å². The van der Waals surface area contributed by atoms with E-state index in [1.807, 2.05) is 13.8 Å². The van der Waals surface area contributed by atoms with Gasteiger partial charge in [-0.05, 0) is 53.3 Å². The van der Waals surface area contributed by atoms with Crippen LogP contribution in [0.15, 0.2) is 60.7 Å². The van der Waals surface area contributed by atoms with Crippen molar-refractivity contribution in [1.82, 2.24) is 0 Å². The fourth-order valence-electron chi connectivity index (χ4n) is 3.47. The van der Waals surface area contributed by atoms with E-state index in [0.717, 1.165) is 24.3 Å². The molecule has 0 heterocycles. The molecule has 0 aromatic heterocycles. The van der Waals surface area contributed by atoms with Gasteiger partial charge in [-0.2, -0.15) is 13.2 Å². The fraction of sp³-hybridized carbons (Fsp3) is 0.240. The van der Waals surface area contributed by atoms with E-state index in [-0.39, 0.29) is 17.4 Å². The molecule has 1 unspecified atom stereocenters. The Balaban J connectivity index is 2.09. The molecule has 3 aromatic rings. The zero-order valence-electron chi connectivity index (χ0n) is 17.8. The predicted molar refractivity (Wildman–Crippen MR) is 113 cm³/mol. The summed E-state index contributed by atoms with van der Waals surface area (Å²) in [6.45, 7) is 3.73. The Kier molecular flexibility index (Phi) is 7.05. The molecule has 3 rings (SSSR count). The van der Waals surface area contributed by atoms with Crippen molar-refractivity contribution in [1.29, 1.82) is 0 Å². The minimum Gasteiger partial charge on any atom is -0.481 e.